The molecular weight excluding hydrogens is 1130 g/mol. The molecule has 0 unspecified atom stereocenters. The maximum atomic E-state index is 14.9. The highest BCUT2D eigenvalue weighted by molar-refractivity contribution is 7.90. The van der Waals surface area contributed by atoms with Crippen LogP contribution in [0.1, 0.15) is 91.4 Å². The third-order valence-electron chi connectivity index (χ3n) is 19.5. The summed E-state index contributed by atoms with van der Waals surface area (Å²) < 4.78 is 61.4. The van der Waals surface area contributed by atoms with Crippen molar-refractivity contribution in [1.82, 2.24) is 29.5 Å². The fraction of sp³-hybridized carbons (Fsp3) is 0.516. The molecule has 0 radical (unpaired) electrons. The Balaban J connectivity index is 0.743. The zero-order chi connectivity index (χ0) is 60.0. The van der Waals surface area contributed by atoms with Crippen molar-refractivity contribution in [2.75, 3.05) is 119 Å². The molecule has 1 amide bonds. The fourth-order valence-corrected chi connectivity index (χ4v) is 15.4. The Labute approximate surface area is 507 Å². The van der Waals surface area contributed by atoms with Crippen LogP contribution in [-0.4, -0.2) is 172 Å². The topological polar surface area (TPSA) is 243 Å². The van der Waals surface area contributed by atoms with Gasteiger partial charge >= 0.3 is 0 Å². The van der Waals surface area contributed by atoms with E-state index in [2.05, 4.69) is 71.9 Å². The molecule has 2 saturated carbocycles. The Hall–Kier alpha value is -7.12. The van der Waals surface area contributed by atoms with Crippen molar-refractivity contribution in [2.24, 2.45) is 11.3 Å². The number of aryl methyl sites for hydroxylation is 1. The molecule has 0 bridgehead atoms. The molecule has 6 aromatic rings. The van der Waals surface area contributed by atoms with Crippen LogP contribution in [0.15, 0.2) is 96.2 Å². The molecule has 462 valence electrons. The van der Waals surface area contributed by atoms with Gasteiger partial charge in [-0.3, -0.25) is 24.7 Å². The number of nitrogens with one attached hydrogen (secondary N) is 3. The molecule has 5 aliphatic heterocycles. The Kier molecular flexibility index (Phi) is 16.5. The number of fused-ring (bicyclic) bond motifs is 3. The summed E-state index contributed by atoms with van der Waals surface area (Å²) in [6, 6.07) is 24.6. The van der Waals surface area contributed by atoms with Crippen molar-refractivity contribution in [3.05, 3.63) is 124 Å². The van der Waals surface area contributed by atoms with Gasteiger partial charge in [0.05, 0.1) is 73.4 Å². The van der Waals surface area contributed by atoms with Gasteiger partial charge in [0.15, 0.2) is 17.7 Å². The number of carbonyl (C=O) groups excluding carboxylic acids is 1. The number of piperidine rings is 1. The first-order chi connectivity index (χ1) is 42.1. The van der Waals surface area contributed by atoms with Gasteiger partial charge in [-0.05, 0) is 142 Å². The van der Waals surface area contributed by atoms with Crippen LogP contribution in [0.3, 0.4) is 0 Å². The van der Waals surface area contributed by atoms with Crippen molar-refractivity contribution in [1.29, 1.82) is 0 Å². The van der Waals surface area contributed by atoms with Crippen molar-refractivity contribution in [3.8, 4) is 11.6 Å². The van der Waals surface area contributed by atoms with E-state index in [1.165, 1.54) is 23.3 Å². The number of aromatic amines is 1. The van der Waals surface area contributed by atoms with Crippen molar-refractivity contribution < 1.29 is 46.9 Å². The molecule has 23 heteroatoms. The molecule has 3 aromatic carbocycles. The maximum Gasteiger partial charge on any atom is 0.293 e. The smallest absolute Gasteiger partial charge is 0.293 e. The molecule has 4 N–H and O–H groups in total. The first-order valence-electron chi connectivity index (χ1n) is 30.8. The lowest BCUT2D eigenvalue weighted by atomic mass is 9.59. The second kappa shape index (κ2) is 24.5. The number of piperazine rings is 1. The molecule has 6 fully saturated rings. The van der Waals surface area contributed by atoms with E-state index in [1.54, 1.807) is 19.4 Å². The number of aromatic nitrogens is 3. The Bertz CT molecular complexity index is 3610. The Morgan fingerprint density at radius 1 is 0.885 bits per heavy atom. The molecule has 13 rings (SSSR count). The Morgan fingerprint density at radius 2 is 1.69 bits per heavy atom. The average molecular weight is 1210 g/mol. The van der Waals surface area contributed by atoms with Gasteiger partial charge in [0, 0.05) is 101 Å². The van der Waals surface area contributed by atoms with Crippen molar-refractivity contribution in [3.63, 3.8) is 0 Å². The van der Waals surface area contributed by atoms with E-state index in [4.69, 9.17) is 33.7 Å². The van der Waals surface area contributed by atoms with Crippen LogP contribution in [-0.2, 0) is 30.8 Å². The van der Waals surface area contributed by atoms with E-state index in [0.29, 0.717) is 74.8 Å². The van der Waals surface area contributed by atoms with Gasteiger partial charge in [0.2, 0.25) is 5.88 Å². The third kappa shape index (κ3) is 12.4. The van der Waals surface area contributed by atoms with E-state index in [-0.39, 0.29) is 41.8 Å². The quantitative estimate of drug-likeness (QED) is 0.0560. The summed E-state index contributed by atoms with van der Waals surface area (Å²) in [4.78, 5) is 51.2. The van der Waals surface area contributed by atoms with Crippen LogP contribution in [0.25, 0.3) is 11.0 Å². The number of nitrogens with zero attached hydrogens (tertiary/aromatic N) is 8. The predicted molar refractivity (Wildman–Crippen MR) is 330 cm³/mol. The van der Waals surface area contributed by atoms with Gasteiger partial charge in [-0.15, -0.1) is 0 Å². The standard InChI is InChI=1S/C64H79N11O11S/c1-42-6-4-5-7-49(42)55-39-70(38-44-30-56(82-3)60(67-37-44)72-24-26-83-27-25-72)22-23-73(55)47-34-64(35-47)17-20-71(21-18-64)46-8-10-50(52(32-46)74-40-57-58(41-84-28-29-85-57)86-62-54(74)31-45-14-19-65-59(45)68-62)61(76)69-87(80,81)48-9-11-51(53(33-48)75(78)79)66-36-43-12-15-63(2,77)16-13-43/h4-11,14,19,30-33,37,43,47,55,57-58,66,77H,12-13,15-18,20-29,34-36,38-41H2,1-3H3,(H,65,68)(H,69,76)/t43?,55-,57-,58+,63?/m0/s1. The zero-order valence-electron chi connectivity index (χ0n) is 49.8. The molecule has 4 saturated heterocycles. The number of hydrogen-bond acceptors (Lipinski definition) is 19. The van der Waals surface area contributed by atoms with Crippen molar-refractivity contribution in [2.45, 2.75) is 107 Å². The largest absolute Gasteiger partial charge is 0.493 e. The zero-order valence-corrected chi connectivity index (χ0v) is 50.6. The molecule has 3 atom stereocenters. The van der Waals surface area contributed by atoms with E-state index in [9.17, 15) is 28.4 Å². The normalized spacial score (nSPS) is 24.7. The number of anilines is 5. The monoisotopic (exact) mass is 1210 g/mol. The molecule has 8 heterocycles. The van der Waals surface area contributed by atoms with E-state index in [0.717, 1.165) is 125 Å². The first-order valence-corrected chi connectivity index (χ1v) is 32.3. The summed E-state index contributed by atoms with van der Waals surface area (Å²) in [6.45, 7) is 13.7. The summed E-state index contributed by atoms with van der Waals surface area (Å²) in [5.41, 5.74) is 5.49. The molecule has 22 nitrogen and oxygen atoms in total. The number of nitro benzene ring substituents is 1. The number of hydrogen-bond donors (Lipinski definition) is 4. The maximum absolute atomic E-state index is 14.9. The second-order valence-electron chi connectivity index (χ2n) is 25.2. The van der Waals surface area contributed by atoms with Crippen LogP contribution in [0.4, 0.5) is 34.3 Å². The number of carbonyl (C=O) groups is 1. The third-order valence-corrected chi connectivity index (χ3v) is 20.8. The highest BCUT2D eigenvalue weighted by Crippen LogP contribution is 2.54. The van der Waals surface area contributed by atoms with Crippen LogP contribution < -0.4 is 34.2 Å². The number of sulfonamides is 1. The second-order valence-corrected chi connectivity index (χ2v) is 26.9. The summed E-state index contributed by atoms with van der Waals surface area (Å²) >= 11 is 0. The van der Waals surface area contributed by atoms with Gasteiger partial charge < -0.3 is 53.8 Å². The molecule has 2 aliphatic carbocycles. The molecule has 3 aromatic heterocycles. The molecule has 1 spiro atoms. The summed E-state index contributed by atoms with van der Waals surface area (Å²) in [6.07, 6.45) is 9.66. The SMILES string of the molecule is COc1cc(CN2CCN(C3CC4(CCN(c5ccc(C(=O)NS(=O)(=O)c6ccc(NCC7CCC(C)(O)CC7)c([N+](=O)[O-])c6)c(N6C[C@@H]7OCCOC[C@H]7Oc7nc8[nH]ccc8cc76)c5)CC4)C3)[C@H](c3ccccc3C)C2)cnc1N1CCOCC1. The van der Waals surface area contributed by atoms with Gasteiger partial charge in [0.1, 0.15) is 23.1 Å². The molecule has 87 heavy (non-hydrogen) atoms. The minimum absolute atomic E-state index is 0.0571. The number of H-pyrrole nitrogens is 1. The summed E-state index contributed by atoms with van der Waals surface area (Å²) in [5.74, 6) is 1.22. The summed E-state index contributed by atoms with van der Waals surface area (Å²) in [7, 11) is -2.95. The van der Waals surface area contributed by atoms with Crippen LogP contribution in [0.5, 0.6) is 11.6 Å². The number of rotatable bonds is 15. The van der Waals surface area contributed by atoms with Crippen LogP contribution in [0.2, 0.25) is 0 Å². The minimum Gasteiger partial charge on any atom is -0.493 e. The van der Waals surface area contributed by atoms with E-state index in [1.807, 2.05) is 42.3 Å². The lowest BCUT2D eigenvalue weighted by Gasteiger charge is -2.58. The minimum atomic E-state index is -4.67. The highest BCUT2D eigenvalue weighted by atomic mass is 32.2. The van der Waals surface area contributed by atoms with Crippen LogP contribution in [0, 0.1) is 28.4 Å². The van der Waals surface area contributed by atoms with Gasteiger partial charge in [-0.25, -0.2) is 18.1 Å². The van der Waals surface area contributed by atoms with Crippen LogP contribution >= 0.6 is 0 Å². The number of nitro groups is 1. The Morgan fingerprint density at radius 3 is 2.47 bits per heavy atom. The van der Waals surface area contributed by atoms with Gasteiger partial charge in [0.25, 0.3) is 21.6 Å². The van der Waals surface area contributed by atoms with E-state index >= 15 is 0 Å². The molecular formula is C64H79N11O11S. The van der Waals surface area contributed by atoms with E-state index < -0.39 is 49.2 Å². The highest BCUT2D eigenvalue weighted by Gasteiger charge is 2.50. The predicted octanol–water partition coefficient (Wildman–Crippen LogP) is 8.11. The lowest BCUT2D eigenvalue weighted by molar-refractivity contribution is -0.384. The summed E-state index contributed by atoms with van der Waals surface area (Å²) in [5, 5.41) is 26.9. The number of methoxy groups -OCH3 is 1. The van der Waals surface area contributed by atoms with Gasteiger partial charge in [-0.1, -0.05) is 24.3 Å². The number of benzene rings is 3. The number of morpholine rings is 1. The molecule has 7 aliphatic rings. The van der Waals surface area contributed by atoms with Gasteiger partial charge in [-0.2, -0.15) is 4.98 Å². The fourth-order valence-electron chi connectivity index (χ4n) is 14.4. The number of amides is 1. The number of pyridine rings is 2. The number of ether oxygens (including phenoxy) is 5. The average Bonchev–Trinajstić information content (AvgIpc) is 1.31. The lowest BCUT2D eigenvalue weighted by Crippen LogP contribution is -2.59. The number of aliphatic hydroxyl groups is 1. The van der Waals surface area contributed by atoms with Crippen molar-refractivity contribution >= 4 is 61.2 Å². The first kappa shape index (κ1) is 58.9.